The van der Waals surface area contributed by atoms with Crippen LogP contribution in [0.5, 0.6) is 0 Å². The third-order valence-corrected chi connectivity index (χ3v) is 5.19. The molecule has 0 fully saturated rings. The highest BCUT2D eigenvalue weighted by molar-refractivity contribution is 7.99. The number of hydrogen-bond acceptors (Lipinski definition) is 4. The van der Waals surface area contributed by atoms with Gasteiger partial charge in [-0.25, -0.2) is 0 Å². The maximum absolute atomic E-state index is 13.0. The number of hydrogen-bond donors (Lipinski definition) is 2. The summed E-state index contributed by atoms with van der Waals surface area (Å²) in [6.45, 7) is 4.56. The van der Waals surface area contributed by atoms with E-state index in [0.717, 1.165) is 5.75 Å². The van der Waals surface area contributed by atoms with Crippen molar-refractivity contribution in [1.29, 1.82) is 0 Å². The van der Waals surface area contributed by atoms with Gasteiger partial charge >= 0.3 is 11.1 Å². The van der Waals surface area contributed by atoms with Crippen molar-refractivity contribution < 1.29 is 4.79 Å². The summed E-state index contributed by atoms with van der Waals surface area (Å²) in [6, 6.07) is 15.0. The molecule has 0 aliphatic carbocycles. The molecule has 1 heterocycles. The van der Waals surface area contributed by atoms with E-state index in [1.165, 1.54) is 4.90 Å². The average Bonchev–Trinajstić information content (AvgIpc) is 2.66. The Balaban J connectivity index is 1.78. The molecule has 0 saturated carbocycles. The Morgan fingerprint density at radius 1 is 1.00 bits per heavy atom. The molecule has 27 heavy (non-hydrogen) atoms. The minimum atomic E-state index is -0.730. The van der Waals surface area contributed by atoms with Crippen LogP contribution < -0.4 is 11.1 Å². The van der Waals surface area contributed by atoms with E-state index in [0.29, 0.717) is 23.1 Å². The molecule has 2 aromatic carbocycles. The lowest BCUT2D eigenvalue weighted by Crippen LogP contribution is -2.38. The SMILES string of the molecule is CC(C)N(CCSc1ccccc1)C(=O)c1ccc2[nH]c(=O)c(=O)[nH]c2c1. The summed E-state index contributed by atoms with van der Waals surface area (Å²) in [5, 5.41) is 0. The quantitative estimate of drug-likeness (QED) is 0.506. The molecule has 0 radical (unpaired) electrons. The van der Waals surface area contributed by atoms with Crippen LogP contribution in [0.1, 0.15) is 24.2 Å². The summed E-state index contributed by atoms with van der Waals surface area (Å²) in [7, 11) is 0. The Bertz CT molecular complexity index is 1060. The number of nitrogens with zero attached hydrogens (tertiary/aromatic N) is 1. The van der Waals surface area contributed by atoms with Crippen molar-refractivity contribution in [2.75, 3.05) is 12.3 Å². The molecule has 0 bridgehead atoms. The van der Waals surface area contributed by atoms with Gasteiger partial charge in [0.05, 0.1) is 11.0 Å². The molecule has 7 heteroatoms. The van der Waals surface area contributed by atoms with Crippen molar-refractivity contribution in [3.05, 3.63) is 74.8 Å². The number of rotatable bonds is 6. The molecule has 2 N–H and O–H groups in total. The van der Waals surface area contributed by atoms with Crippen LogP contribution in [0.3, 0.4) is 0 Å². The van der Waals surface area contributed by atoms with Crippen LogP contribution in [0.4, 0.5) is 0 Å². The second-order valence-corrected chi connectivity index (χ2v) is 7.59. The van der Waals surface area contributed by atoms with Crippen LogP contribution >= 0.6 is 11.8 Å². The van der Waals surface area contributed by atoms with E-state index in [1.807, 2.05) is 44.2 Å². The fourth-order valence-corrected chi connectivity index (χ4v) is 3.66. The van der Waals surface area contributed by atoms with Gasteiger partial charge in [0.2, 0.25) is 0 Å². The minimum Gasteiger partial charge on any atom is -0.335 e. The summed E-state index contributed by atoms with van der Waals surface area (Å²) in [5.74, 6) is 0.679. The summed E-state index contributed by atoms with van der Waals surface area (Å²) in [4.78, 5) is 43.9. The van der Waals surface area contributed by atoms with Gasteiger partial charge < -0.3 is 14.9 Å². The number of aromatic amines is 2. The Hall–Kier alpha value is -2.80. The Morgan fingerprint density at radius 2 is 1.67 bits per heavy atom. The highest BCUT2D eigenvalue weighted by atomic mass is 32.2. The highest BCUT2D eigenvalue weighted by Gasteiger charge is 2.19. The summed E-state index contributed by atoms with van der Waals surface area (Å²) >= 11 is 1.70. The van der Waals surface area contributed by atoms with Crippen molar-refractivity contribution in [2.24, 2.45) is 0 Å². The van der Waals surface area contributed by atoms with Crippen LogP contribution in [0.15, 0.2) is 63.0 Å². The van der Waals surface area contributed by atoms with E-state index in [9.17, 15) is 14.4 Å². The summed E-state index contributed by atoms with van der Waals surface area (Å²) in [6.07, 6.45) is 0. The number of carbonyl (C=O) groups excluding carboxylic acids is 1. The maximum Gasteiger partial charge on any atom is 0.314 e. The first-order valence-electron chi connectivity index (χ1n) is 8.71. The van der Waals surface area contributed by atoms with Gasteiger partial charge in [0.15, 0.2) is 0 Å². The first kappa shape index (κ1) is 19.0. The van der Waals surface area contributed by atoms with Crippen molar-refractivity contribution in [1.82, 2.24) is 14.9 Å². The number of nitrogens with one attached hydrogen (secondary N) is 2. The predicted molar refractivity (Wildman–Crippen MR) is 109 cm³/mol. The second-order valence-electron chi connectivity index (χ2n) is 6.42. The zero-order valence-electron chi connectivity index (χ0n) is 15.2. The van der Waals surface area contributed by atoms with Gasteiger partial charge in [-0.1, -0.05) is 18.2 Å². The predicted octanol–water partition coefficient (Wildman–Crippen LogP) is 2.86. The number of H-pyrrole nitrogens is 2. The van der Waals surface area contributed by atoms with Crippen molar-refractivity contribution >= 4 is 28.7 Å². The van der Waals surface area contributed by atoms with Gasteiger partial charge in [-0.05, 0) is 44.2 Å². The van der Waals surface area contributed by atoms with Gasteiger partial charge in [-0.3, -0.25) is 14.4 Å². The molecule has 0 spiro atoms. The van der Waals surface area contributed by atoms with Crippen molar-refractivity contribution in [3.8, 4) is 0 Å². The van der Waals surface area contributed by atoms with E-state index in [4.69, 9.17) is 0 Å². The number of benzene rings is 2. The Kier molecular flexibility index (Phi) is 5.81. The average molecular weight is 383 g/mol. The third kappa shape index (κ3) is 4.49. The highest BCUT2D eigenvalue weighted by Crippen LogP contribution is 2.19. The number of fused-ring (bicyclic) bond motifs is 1. The zero-order valence-corrected chi connectivity index (χ0v) is 16.0. The Labute approximate surface area is 160 Å². The van der Waals surface area contributed by atoms with Crippen LogP contribution in [0.25, 0.3) is 11.0 Å². The molecule has 3 rings (SSSR count). The largest absolute Gasteiger partial charge is 0.335 e. The van der Waals surface area contributed by atoms with Gasteiger partial charge in [-0.15, -0.1) is 11.8 Å². The van der Waals surface area contributed by atoms with Crippen LogP contribution in [-0.4, -0.2) is 39.1 Å². The smallest absolute Gasteiger partial charge is 0.314 e. The van der Waals surface area contributed by atoms with Crippen molar-refractivity contribution in [3.63, 3.8) is 0 Å². The second kappa shape index (κ2) is 8.26. The zero-order chi connectivity index (χ0) is 19.4. The topological polar surface area (TPSA) is 86.0 Å². The van der Waals surface area contributed by atoms with E-state index >= 15 is 0 Å². The summed E-state index contributed by atoms with van der Waals surface area (Å²) < 4.78 is 0. The maximum atomic E-state index is 13.0. The van der Waals surface area contributed by atoms with E-state index in [2.05, 4.69) is 9.97 Å². The lowest BCUT2D eigenvalue weighted by Gasteiger charge is -2.27. The number of aromatic nitrogens is 2. The van der Waals surface area contributed by atoms with Gasteiger partial charge in [-0.2, -0.15) is 0 Å². The van der Waals surface area contributed by atoms with E-state index in [1.54, 1.807) is 34.9 Å². The first-order chi connectivity index (χ1) is 13.0. The third-order valence-electron chi connectivity index (χ3n) is 4.20. The number of thioether (sulfide) groups is 1. The fourth-order valence-electron chi connectivity index (χ4n) is 2.79. The molecule has 0 saturated heterocycles. The Morgan fingerprint density at radius 3 is 2.33 bits per heavy atom. The molecule has 0 aliphatic rings. The molecule has 6 nitrogen and oxygen atoms in total. The lowest BCUT2D eigenvalue weighted by atomic mass is 10.1. The first-order valence-corrected chi connectivity index (χ1v) is 9.69. The number of amides is 1. The molecular formula is C20H21N3O3S. The standard InChI is InChI=1S/C20H21N3O3S/c1-13(2)23(10-11-27-15-6-4-3-5-7-15)20(26)14-8-9-16-17(12-14)22-19(25)18(24)21-16/h3-9,12-13H,10-11H2,1-2H3,(H,21,24)(H,22,25). The molecular weight excluding hydrogens is 362 g/mol. The molecule has 1 aromatic heterocycles. The van der Waals surface area contributed by atoms with E-state index < -0.39 is 11.1 Å². The van der Waals surface area contributed by atoms with Crippen LogP contribution in [0.2, 0.25) is 0 Å². The lowest BCUT2D eigenvalue weighted by molar-refractivity contribution is 0.0719. The molecule has 0 atom stereocenters. The van der Waals surface area contributed by atoms with Crippen LogP contribution in [0, 0.1) is 0 Å². The van der Waals surface area contributed by atoms with E-state index in [-0.39, 0.29) is 11.9 Å². The van der Waals surface area contributed by atoms with Gasteiger partial charge in [0, 0.05) is 28.8 Å². The van der Waals surface area contributed by atoms with Gasteiger partial charge in [0.1, 0.15) is 0 Å². The molecule has 140 valence electrons. The van der Waals surface area contributed by atoms with Crippen molar-refractivity contribution in [2.45, 2.75) is 24.8 Å². The number of carbonyl (C=O) groups is 1. The minimum absolute atomic E-state index is 0.0409. The summed E-state index contributed by atoms with van der Waals surface area (Å²) in [5.41, 5.74) is -0.0290. The van der Waals surface area contributed by atoms with Gasteiger partial charge in [0.25, 0.3) is 5.91 Å². The fraction of sp³-hybridized carbons (Fsp3) is 0.250. The van der Waals surface area contributed by atoms with Crippen LogP contribution in [-0.2, 0) is 0 Å². The molecule has 1 amide bonds. The normalized spacial score (nSPS) is 11.1. The molecule has 0 unspecified atom stereocenters. The molecule has 3 aromatic rings. The molecule has 0 aliphatic heterocycles. The monoisotopic (exact) mass is 383 g/mol.